The Labute approximate surface area is 220 Å². The third-order valence-electron chi connectivity index (χ3n) is 6.27. The number of hydrogen-bond donors (Lipinski definition) is 1. The van der Waals surface area contributed by atoms with E-state index in [4.69, 9.17) is 0 Å². The number of nitrogens with one attached hydrogen (secondary N) is 1. The molecule has 0 spiro atoms. The quantitative estimate of drug-likeness (QED) is 0.455. The van der Waals surface area contributed by atoms with Gasteiger partial charge in [0.2, 0.25) is 11.8 Å². The molecule has 0 aliphatic heterocycles. The fraction of sp³-hybridized carbons (Fsp3) is 0.310. The van der Waals surface area contributed by atoms with Gasteiger partial charge in [-0.15, -0.1) is 0 Å². The molecule has 3 aromatic rings. The minimum Gasteiger partial charge on any atom is -0.357 e. The number of sulfonamides is 1. The molecule has 196 valence electrons. The van der Waals surface area contributed by atoms with E-state index in [1.807, 2.05) is 58.0 Å². The lowest BCUT2D eigenvalue weighted by Crippen LogP contribution is -2.50. The number of carbonyl (C=O) groups is 2. The van der Waals surface area contributed by atoms with E-state index in [9.17, 15) is 18.0 Å². The fourth-order valence-corrected chi connectivity index (χ4v) is 5.54. The van der Waals surface area contributed by atoms with Gasteiger partial charge in [0.15, 0.2) is 0 Å². The van der Waals surface area contributed by atoms with Crippen molar-refractivity contribution in [3.05, 3.63) is 94.5 Å². The van der Waals surface area contributed by atoms with Crippen LogP contribution in [0.4, 0.5) is 5.69 Å². The van der Waals surface area contributed by atoms with Gasteiger partial charge in [0.1, 0.15) is 12.6 Å². The molecule has 0 bridgehead atoms. The highest BCUT2D eigenvalue weighted by Gasteiger charge is 2.32. The summed E-state index contributed by atoms with van der Waals surface area (Å²) in [6, 6.07) is 18.9. The SMILES string of the molecule is CNC(=O)C(C)N(Cc1ccc(C)cc1)C(=O)CN(c1cc(C)cc(C)c1)S(=O)(=O)c1ccc(C)cc1. The highest BCUT2D eigenvalue weighted by molar-refractivity contribution is 7.92. The van der Waals surface area contributed by atoms with Crippen LogP contribution < -0.4 is 9.62 Å². The summed E-state index contributed by atoms with van der Waals surface area (Å²) in [4.78, 5) is 27.9. The largest absolute Gasteiger partial charge is 0.357 e. The van der Waals surface area contributed by atoms with Crippen LogP contribution in [0.2, 0.25) is 0 Å². The Kier molecular flexibility index (Phi) is 8.76. The number of benzene rings is 3. The van der Waals surface area contributed by atoms with Crippen LogP contribution in [0.15, 0.2) is 71.6 Å². The van der Waals surface area contributed by atoms with Crippen molar-refractivity contribution >= 4 is 27.5 Å². The van der Waals surface area contributed by atoms with Crippen molar-refractivity contribution in [3.8, 4) is 0 Å². The molecule has 1 N–H and O–H groups in total. The molecule has 37 heavy (non-hydrogen) atoms. The van der Waals surface area contributed by atoms with E-state index >= 15 is 0 Å². The molecule has 0 aliphatic rings. The molecule has 0 fully saturated rings. The van der Waals surface area contributed by atoms with Crippen LogP contribution in [-0.4, -0.2) is 44.8 Å². The second kappa shape index (κ2) is 11.6. The molecule has 0 aromatic heterocycles. The van der Waals surface area contributed by atoms with Crippen LogP contribution in [-0.2, 0) is 26.2 Å². The summed E-state index contributed by atoms with van der Waals surface area (Å²) in [5.41, 5.74) is 5.00. The summed E-state index contributed by atoms with van der Waals surface area (Å²) in [5, 5.41) is 2.59. The number of amides is 2. The number of anilines is 1. The fourth-order valence-electron chi connectivity index (χ4n) is 4.14. The van der Waals surface area contributed by atoms with E-state index in [2.05, 4.69) is 5.32 Å². The highest BCUT2D eigenvalue weighted by atomic mass is 32.2. The van der Waals surface area contributed by atoms with Gasteiger partial charge >= 0.3 is 0 Å². The molecule has 3 aromatic carbocycles. The molecule has 0 saturated carbocycles. The van der Waals surface area contributed by atoms with Crippen LogP contribution in [0.5, 0.6) is 0 Å². The van der Waals surface area contributed by atoms with Crippen molar-refractivity contribution in [3.63, 3.8) is 0 Å². The number of rotatable bonds is 9. The van der Waals surface area contributed by atoms with E-state index in [0.29, 0.717) is 5.69 Å². The zero-order valence-corrected chi connectivity index (χ0v) is 23.1. The normalized spacial score (nSPS) is 12.1. The van der Waals surface area contributed by atoms with Gasteiger partial charge in [0.25, 0.3) is 10.0 Å². The Morgan fingerprint density at radius 1 is 0.811 bits per heavy atom. The van der Waals surface area contributed by atoms with Crippen LogP contribution in [0, 0.1) is 27.7 Å². The van der Waals surface area contributed by atoms with Gasteiger partial charge in [0.05, 0.1) is 10.6 Å². The molecule has 2 amide bonds. The Hall–Kier alpha value is -3.65. The molecular weight excluding hydrogens is 486 g/mol. The van der Waals surface area contributed by atoms with Gasteiger partial charge in [-0.25, -0.2) is 8.42 Å². The standard InChI is InChI=1S/C29H35N3O4S/c1-20-7-11-25(12-8-20)18-31(24(5)29(34)30-6)28(33)19-32(26-16-22(3)15-23(4)17-26)37(35,36)27-13-9-21(2)10-14-27/h7-17,24H,18-19H2,1-6H3,(H,30,34). The van der Waals surface area contributed by atoms with E-state index in [1.54, 1.807) is 43.3 Å². The zero-order chi connectivity index (χ0) is 27.3. The molecule has 1 unspecified atom stereocenters. The maximum absolute atomic E-state index is 13.9. The Morgan fingerprint density at radius 3 is 1.84 bits per heavy atom. The number of hydrogen-bond acceptors (Lipinski definition) is 4. The lowest BCUT2D eigenvalue weighted by Gasteiger charge is -2.32. The molecule has 0 saturated heterocycles. The molecule has 0 aliphatic carbocycles. The Morgan fingerprint density at radius 2 is 1.32 bits per heavy atom. The van der Waals surface area contributed by atoms with Gasteiger partial charge in [0, 0.05) is 13.6 Å². The summed E-state index contributed by atoms with van der Waals surface area (Å²) >= 11 is 0. The molecule has 8 heteroatoms. The van der Waals surface area contributed by atoms with Gasteiger partial charge in [-0.2, -0.15) is 0 Å². The third kappa shape index (κ3) is 6.77. The number of aryl methyl sites for hydroxylation is 4. The first-order valence-electron chi connectivity index (χ1n) is 12.2. The summed E-state index contributed by atoms with van der Waals surface area (Å²) in [7, 11) is -2.57. The highest BCUT2D eigenvalue weighted by Crippen LogP contribution is 2.27. The number of nitrogens with zero attached hydrogens (tertiary/aromatic N) is 2. The van der Waals surface area contributed by atoms with Crippen molar-refractivity contribution in [2.24, 2.45) is 0 Å². The smallest absolute Gasteiger partial charge is 0.264 e. The van der Waals surface area contributed by atoms with Crippen LogP contribution in [0.3, 0.4) is 0 Å². The van der Waals surface area contributed by atoms with Crippen LogP contribution in [0.25, 0.3) is 0 Å². The van der Waals surface area contributed by atoms with E-state index in [-0.39, 0.29) is 17.3 Å². The average molecular weight is 522 g/mol. The number of likely N-dealkylation sites (N-methyl/N-ethyl adjacent to an activating group) is 1. The van der Waals surface area contributed by atoms with Gasteiger partial charge in [-0.05, 0) is 75.6 Å². The molecule has 0 heterocycles. The summed E-state index contributed by atoms with van der Waals surface area (Å²) in [6.07, 6.45) is 0. The lowest BCUT2D eigenvalue weighted by atomic mass is 10.1. The van der Waals surface area contributed by atoms with Crippen molar-refractivity contribution in [1.82, 2.24) is 10.2 Å². The minimum absolute atomic E-state index is 0.0921. The van der Waals surface area contributed by atoms with E-state index in [0.717, 1.165) is 32.1 Å². The first-order chi connectivity index (χ1) is 17.4. The van der Waals surface area contributed by atoms with E-state index in [1.165, 1.54) is 11.9 Å². The third-order valence-corrected chi connectivity index (χ3v) is 8.06. The second-order valence-electron chi connectivity index (χ2n) is 9.47. The first kappa shape index (κ1) is 27.9. The van der Waals surface area contributed by atoms with Crippen LogP contribution >= 0.6 is 0 Å². The Bertz CT molecular complexity index is 1350. The topological polar surface area (TPSA) is 86.8 Å². The van der Waals surface area contributed by atoms with Gasteiger partial charge in [-0.1, -0.05) is 53.6 Å². The second-order valence-corrected chi connectivity index (χ2v) is 11.3. The summed E-state index contributed by atoms with van der Waals surface area (Å²) in [6.45, 7) is 8.97. The predicted octanol–water partition coefficient (Wildman–Crippen LogP) is 4.28. The number of carbonyl (C=O) groups excluding carboxylic acids is 2. The maximum atomic E-state index is 13.9. The molecule has 7 nitrogen and oxygen atoms in total. The molecule has 1 atom stereocenters. The minimum atomic E-state index is -4.08. The van der Waals surface area contributed by atoms with Gasteiger partial charge < -0.3 is 10.2 Å². The summed E-state index contributed by atoms with van der Waals surface area (Å²) < 4.78 is 28.9. The van der Waals surface area contributed by atoms with Gasteiger partial charge in [-0.3, -0.25) is 13.9 Å². The average Bonchev–Trinajstić information content (AvgIpc) is 2.85. The van der Waals surface area contributed by atoms with Crippen molar-refractivity contribution in [2.75, 3.05) is 17.9 Å². The summed E-state index contributed by atoms with van der Waals surface area (Å²) in [5.74, 6) is -0.814. The Balaban J connectivity index is 2.06. The van der Waals surface area contributed by atoms with Crippen molar-refractivity contribution in [1.29, 1.82) is 0 Å². The molecule has 3 rings (SSSR count). The zero-order valence-electron chi connectivity index (χ0n) is 22.3. The van der Waals surface area contributed by atoms with Crippen molar-refractivity contribution in [2.45, 2.75) is 52.1 Å². The molecule has 0 radical (unpaired) electrons. The van der Waals surface area contributed by atoms with E-state index < -0.39 is 28.5 Å². The maximum Gasteiger partial charge on any atom is 0.264 e. The van der Waals surface area contributed by atoms with Crippen molar-refractivity contribution < 1.29 is 18.0 Å². The predicted molar refractivity (Wildman–Crippen MR) is 147 cm³/mol. The lowest BCUT2D eigenvalue weighted by molar-refractivity contribution is -0.139. The first-order valence-corrected chi connectivity index (χ1v) is 13.6. The van der Waals surface area contributed by atoms with Crippen LogP contribution in [0.1, 0.15) is 34.7 Å². The monoisotopic (exact) mass is 521 g/mol. The molecular formula is C29H35N3O4S.